The molecule has 0 aromatic carbocycles. The van der Waals surface area contributed by atoms with Gasteiger partial charge in [0.2, 0.25) is 0 Å². The lowest BCUT2D eigenvalue weighted by Crippen LogP contribution is -2.49. The molecule has 0 radical (unpaired) electrons. The highest BCUT2D eigenvalue weighted by atomic mass is 28.3. The van der Waals surface area contributed by atoms with Gasteiger partial charge in [-0.2, -0.15) is 0 Å². The minimum Gasteiger partial charge on any atom is -0.450 e. The van der Waals surface area contributed by atoms with Crippen LogP contribution in [0.1, 0.15) is 41.0 Å². The average Bonchev–Trinajstić information content (AvgIpc) is 2.42. The molecule has 2 amide bonds. The smallest absolute Gasteiger partial charge is 0.409 e. The van der Waals surface area contributed by atoms with E-state index < -0.39 is 25.4 Å². The van der Waals surface area contributed by atoms with Gasteiger partial charge in [0.15, 0.2) is 0 Å². The van der Waals surface area contributed by atoms with Crippen LogP contribution in [0.15, 0.2) is 0 Å². The standard InChI is InChI=1S/C19H40N2O5Si/c1-18(2,3)26-16(22)20-15(13-19(4,5)24-7)14-21(6)17(23)25-11-12-27(8,9)10/h15H,11-14H2,1-10H3,(H,20,22). The van der Waals surface area contributed by atoms with Gasteiger partial charge in [0.25, 0.3) is 0 Å². The number of ether oxygens (including phenoxy) is 3. The summed E-state index contributed by atoms with van der Waals surface area (Å²) in [6.45, 7) is 16.7. The normalized spacial score (nSPS) is 13.7. The molecule has 1 unspecified atom stereocenters. The third kappa shape index (κ3) is 13.5. The second-order valence-electron chi connectivity index (χ2n) is 9.82. The average molecular weight is 405 g/mol. The number of likely N-dealkylation sites (N-methyl/N-ethyl adjacent to an activating group) is 1. The molecule has 1 N–H and O–H groups in total. The van der Waals surface area contributed by atoms with Crippen molar-refractivity contribution < 1.29 is 23.8 Å². The Balaban J connectivity index is 4.86. The summed E-state index contributed by atoms with van der Waals surface area (Å²) in [5.41, 5.74) is -1.05. The van der Waals surface area contributed by atoms with Gasteiger partial charge in [0.1, 0.15) is 5.60 Å². The van der Waals surface area contributed by atoms with Crippen LogP contribution in [-0.4, -0.2) is 69.7 Å². The van der Waals surface area contributed by atoms with Crippen LogP contribution >= 0.6 is 0 Å². The number of methoxy groups -OCH3 is 1. The molecule has 0 rings (SSSR count). The summed E-state index contributed by atoms with van der Waals surface area (Å²) in [4.78, 5) is 25.9. The predicted molar refractivity (Wildman–Crippen MR) is 111 cm³/mol. The van der Waals surface area contributed by atoms with Crippen LogP contribution in [0.5, 0.6) is 0 Å². The van der Waals surface area contributed by atoms with Gasteiger partial charge in [-0.05, 0) is 47.1 Å². The van der Waals surface area contributed by atoms with Crippen LogP contribution in [0, 0.1) is 0 Å². The van der Waals surface area contributed by atoms with E-state index in [-0.39, 0.29) is 12.1 Å². The third-order valence-electron chi connectivity index (χ3n) is 3.89. The van der Waals surface area contributed by atoms with Crippen LogP contribution in [0.4, 0.5) is 9.59 Å². The van der Waals surface area contributed by atoms with Crippen molar-refractivity contribution in [3.8, 4) is 0 Å². The summed E-state index contributed by atoms with van der Waals surface area (Å²) in [6, 6.07) is 0.590. The van der Waals surface area contributed by atoms with Crippen LogP contribution in [0.2, 0.25) is 25.7 Å². The Bertz CT molecular complexity index is 483. The highest BCUT2D eigenvalue weighted by molar-refractivity contribution is 6.76. The molecule has 0 aliphatic rings. The van der Waals surface area contributed by atoms with Crippen molar-refractivity contribution in [1.82, 2.24) is 10.2 Å². The molecule has 0 fully saturated rings. The molecule has 0 saturated heterocycles. The second-order valence-corrected chi connectivity index (χ2v) is 15.4. The fraction of sp³-hybridized carbons (Fsp3) is 0.895. The molecule has 7 nitrogen and oxygen atoms in total. The minimum atomic E-state index is -1.26. The van der Waals surface area contributed by atoms with Crippen LogP contribution in [0.3, 0.4) is 0 Å². The molecule has 1 atom stereocenters. The van der Waals surface area contributed by atoms with E-state index in [0.29, 0.717) is 19.6 Å². The zero-order chi connectivity index (χ0) is 21.5. The van der Waals surface area contributed by atoms with E-state index >= 15 is 0 Å². The topological polar surface area (TPSA) is 77.1 Å². The minimum absolute atomic E-state index is 0.303. The Labute approximate surface area is 166 Å². The van der Waals surface area contributed by atoms with Crippen molar-refractivity contribution in [2.75, 3.05) is 27.3 Å². The zero-order valence-corrected chi connectivity index (χ0v) is 19.9. The first kappa shape index (κ1) is 25.7. The maximum Gasteiger partial charge on any atom is 0.409 e. The lowest BCUT2D eigenvalue weighted by molar-refractivity contribution is 0.00140. The summed E-state index contributed by atoms with van der Waals surface area (Å²) < 4.78 is 16.2. The van der Waals surface area contributed by atoms with Gasteiger partial charge in [-0.15, -0.1) is 0 Å². The number of amides is 2. The lowest BCUT2D eigenvalue weighted by atomic mass is 9.98. The van der Waals surface area contributed by atoms with E-state index in [0.717, 1.165) is 6.04 Å². The Morgan fingerprint density at radius 2 is 1.67 bits per heavy atom. The first-order valence-corrected chi connectivity index (χ1v) is 13.2. The molecule has 160 valence electrons. The Morgan fingerprint density at radius 3 is 2.11 bits per heavy atom. The predicted octanol–water partition coefficient (Wildman–Crippen LogP) is 4.10. The molecule has 0 aliphatic carbocycles. The number of carbonyl (C=O) groups excluding carboxylic acids is 2. The molecule has 0 heterocycles. The van der Waals surface area contributed by atoms with E-state index in [2.05, 4.69) is 25.0 Å². The van der Waals surface area contributed by atoms with Gasteiger partial charge in [-0.1, -0.05) is 19.6 Å². The summed E-state index contributed by atoms with van der Waals surface area (Å²) in [6.07, 6.45) is -0.380. The Morgan fingerprint density at radius 1 is 1.11 bits per heavy atom. The highest BCUT2D eigenvalue weighted by Crippen LogP contribution is 2.17. The maximum absolute atomic E-state index is 12.3. The van der Waals surface area contributed by atoms with Gasteiger partial charge < -0.3 is 24.4 Å². The van der Waals surface area contributed by atoms with Gasteiger partial charge >= 0.3 is 12.2 Å². The SMILES string of the molecule is COC(C)(C)CC(CN(C)C(=O)OCC[Si](C)(C)C)NC(=O)OC(C)(C)C. The monoisotopic (exact) mass is 404 g/mol. The summed E-state index contributed by atoms with van der Waals surface area (Å²) >= 11 is 0. The molecule has 8 heteroatoms. The number of nitrogens with one attached hydrogen (secondary N) is 1. The second kappa shape index (κ2) is 10.3. The van der Waals surface area contributed by atoms with E-state index in [1.165, 1.54) is 4.90 Å². The Kier molecular flexibility index (Phi) is 9.82. The summed E-state index contributed by atoms with van der Waals surface area (Å²) in [7, 11) is 2.03. The summed E-state index contributed by atoms with van der Waals surface area (Å²) in [5.74, 6) is 0. The molecule has 0 aromatic heterocycles. The van der Waals surface area contributed by atoms with Crippen molar-refractivity contribution in [2.24, 2.45) is 0 Å². The third-order valence-corrected chi connectivity index (χ3v) is 5.60. The number of rotatable bonds is 9. The van der Waals surface area contributed by atoms with Gasteiger partial charge in [0.05, 0.1) is 18.2 Å². The number of carbonyl (C=O) groups is 2. The molecule has 0 bridgehead atoms. The number of nitrogens with zero attached hydrogens (tertiary/aromatic N) is 1. The number of hydrogen-bond donors (Lipinski definition) is 1. The fourth-order valence-electron chi connectivity index (χ4n) is 2.27. The first-order valence-electron chi connectivity index (χ1n) is 9.47. The largest absolute Gasteiger partial charge is 0.450 e. The Hall–Kier alpha value is -1.28. The van der Waals surface area contributed by atoms with Crippen molar-refractivity contribution in [3.63, 3.8) is 0 Å². The molecule has 0 spiro atoms. The van der Waals surface area contributed by atoms with Crippen molar-refractivity contribution in [1.29, 1.82) is 0 Å². The molecular formula is C19H40N2O5Si. The number of alkyl carbamates (subject to hydrolysis) is 1. The molecule has 27 heavy (non-hydrogen) atoms. The van der Waals surface area contributed by atoms with Gasteiger partial charge in [-0.3, -0.25) is 0 Å². The van der Waals surface area contributed by atoms with Gasteiger partial charge in [-0.25, -0.2) is 9.59 Å². The zero-order valence-electron chi connectivity index (χ0n) is 18.9. The quantitative estimate of drug-likeness (QED) is 0.585. The van der Waals surface area contributed by atoms with Crippen molar-refractivity contribution in [2.45, 2.75) is 84.0 Å². The molecule has 0 aromatic rings. The van der Waals surface area contributed by atoms with Crippen molar-refractivity contribution >= 4 is 20.3 Å². The molecular weight excluding hydrogens is 364 g/mol. The van der Waals surface area contributed by atoms with Gasteiger partial charge in [0, 0.05) is 28.8 Å². The van der Waals surface area contributed by atoms with Crippen LogP contribution < -0.4 is 5.32 Å². The first-order chi connectivity index (χ1) is 12.0. The molecule has 0 saturated carbocycles. The molecule has 0 aliphatic heterocycles. The van der Waals surface area contributed by atoms with Crippen molar-refractivity contribution in [3.05, 3.63) is 0 Å². The highest BCUT2D eigenvalue weighted by Gasteiger charge is 2.28. The number of hydrogen-bond acceptors (Lipinski definition) is 5. The maximum atomic E-state index is 12.3. The van der Waals surface area contributed by atoms with E-state index in [4.69, 9.17) is 14.2 Å². The summed E-state index contributed by atoms with van der Waals surface area (Å²) in [5, 5.41) is 2.85. The van der Waals surface area contributed by atoms with E-state index in [9.17, 15) is 9.59 Å². The van der Waals surface area contributed by atoms with E-state index in [1.807, 2.05) is 34.6 Å². The van der Waals surface area contributed by atoms with Crippen LogP contribution in [0.25, 0.3) is 0 Å². The van der Waals surface area contributed by atoms with Crippen LogP contribution in [-0.2, 0) is 14.2 Å². The lowest BCUT2D eigenvalue weighted by Gasteiger charge is -2.32. The van der Waals surface area contributed by atoms with E-state index in [1.54, 1.807) is 14.2 Å². The fourth-order valence-corrected chi connectivity index (χ4v) is 2.99.